The van der Waals surface area contributed by atoms with Gasteiger partial charge in [0.05, 0.1) is 25.3 Å². The van der Waals surface area contributed by atoms with Crippen LogP contribution in [0.3, 0.4) is 0 Å². The summed E-state index contributed by atoms with van der Waals surface area (Å²) in [6.45, 7) is -1.78. The molecule has 0 saturated heterocycles. The van der Waals surface area contributed by atoms with Crippen LogP contribution in [0.25, 0.3) is 0 Å². The number of carbonyl (C=O) groups is 12. The van der Waals surface area contributed by atoms with E-state index in [9.17, 15) is 93.3 Å². The molecule has 4 rings (SSSR count). The van der Waals surface area contributed by atoms with Crippen molar-refractivity contribution < 1.29 is 112 Å². The minimum atomic E-state index is -1.70. The fraction of sp³-hybridized carbons (Fsp3) is 0.550. The lowest BCUT2D eigenvalue weighted by Crippen LogP contribution is -2.51. The molecule has 0 radical (unpaired) electrons. The molecule has 0 aromatic carbocycles. The van der Waals surface area contributed by atoms with Crippen molar-refractivity contribution in [3.8, 4) is 0 Å². The van der Waals surface area contributed by atoms with Gasteiger partial charge in [-0.2, -0.15) is 0 Å². The molecule has 2 aromatic rings. The molecule has 0 bridgehead atoms. The van der Waals surface area contributed by atoms with Crippen LogP contribution < -0.4 is 19.8 Å². The summed E-state index contributed by atoms with van der Waals surface area (Å²) in [5.74, 6) is -14.8. The summed E-state index contributed by atoms with van der Waals surface area (Å²) in [4.78, 5) is 145. The molecule has 2 aliphatic heterocycles. The van der Waals surface area contributed by atoms with E-state index in [4.69, 9.17) is 5.11 Å². The van der Waals surface area contributed by atoms with Gasteiger partial charge in [0.2, 0.25) is 0 Å². The van der Waals surface area contributed by atoms with E-state index in [1.807, 2.05) is 19.8 Å². The third-order valence-corrected chi connectivity index (χ3v) is 11.7. The Balaban J connectivity index is 1.48. The molecule has 4 heterocycles. The molecule has 2 aliphatic rings. The lowest BCUT2D eigenvalue weighted by molar-refractivity contribution is -0.982. The van der Waals surface area contributed by atoms with Crippen molar-refractivity contribution in [3.05, 3.63) is 36.4 Å². The Morgan fingerprint density at radius 1 is 0.603 bits per heavy atom. The predicted octanol–water partition coefficient (Wildman–Crippen LogP) is -2.47. The zero-order chi connectivity index (χ0) is 50.6. The number of carboxylic acids is 8. The lowest BCUT2D eigenvalue weighted by Gasteiger charge is -2.28. The molecule has 10 N–H and O–H groups in total. The Hall–Kier alpha value is -7.78. The van der Waals surface area contributed by atoms with E-state index >= 15 is 0 Å². The number of hydrogen-bond donors (Lipinski definition) is 10. The molecule has 68 heavy (non-hydrogen) atoms. The molecule has 0 aliphatic carbocycles. The summed E-state index contributed by atoms with van der Waals surface area (Å²) >= 11 is 0. The summed E-state index contributed by atoms with van der Waals surface area (Å²) in [6.07, 6.45) is 2.46. The Kier molecular flexibility index (Phi) is 17.9. The number of carboxylic acid groups (broad SMARTS) is 8. The number of carbonyl (C=O) groups excluding carboxylic acids is 4. The van der Waals surface area contributed by atoms with Crippen LogP contribution in [0.2, 0.25) is 0 Å². The number of hydrogen-bond acceptors (Lipinski definition) is 12. The number of nitrogens with one attached hydrogen (secondary N) is 2. The second-order valence-corrected chi connectivity index (χ2v) is 16.6. The number of imidazole rings is 2. The van der Waals surface area contributed by atoms with Crippen molar-refractivity contribution in [3.63, 3.8) is 0 Å². The van der Waals surface area contributed by atoms with Gasteiger partial charge in [-0.25, -0.2) is 28.0 Å². The summed E-state index contributed by atoms with van der Waals surface area (Å²) in [5, 5.41) is 79.0. The number of amides is 3. The van der Waals surface area contributed by atoms with E-state index in [1.54, 1.807) is 33.9 Å². The number of aliphatic carboxylic acids is 8. The second kappa shape index (κ2) is 23.1. The predicted molar refractivity (Wildman–Crippen MR) is 216 cm³/mol. The number of fused-ring (bicyclic) bond motifs is 5. The van der Waals surface area contributed by atoms with Gasteiger partial charge in [-0.3, -0.25) is 43.2 Å². The Bertz CT molecular complexity index is 2210. The van der Waals surface area contributed by atoms with Crippen LogP contribution >= 0.6 is 0 Å². The van der Waals surface area contributed by atoms with Crippen LogP contribution in [-0.2, 0) is 78.9 Å². The smallest absolute Gasteiger partial charge is 0.380 e. The number of urea groups is 1. The fourth-order valence-electron chi connectivity index (χ4n) is 8.49. The van der Waals surface area contributed by atoms with Crippen LogP contribution in [0.4, 0.5) is 4.79 Å². The maximum Gasteiger partial charge on any atom is 0.380 e. The zero-order valence-electron chi connectivity index (χ0n) is 36.4. The molecule has 28 heteroatoms. The molecular formula is C40H53N8O20+3. The van der Waals surface area contributed by atoms with E-state index in [0.29, 0.717) is 29.5 Å². The van der Waals surface area contributed by atoms with E-state index in [2.05, 4.69) is 0 Å². The Morgan fingerprint density at radius 3 is 1.56 bits per heavy atom. The van der Waals surface area contributed by atoms with Gasteiger partial charge in [-0.1, -0.05) is 0 Å². The number of ketones is 2. The highest BCUT2D eigenvalue weighted by molar-refractivity contribution is 5.89. The molecule has 28 nitrogen and oxygen atoms in total. The first-order valence-corrected chi connectivity index (χ1v) is 21.1. The minimum Gasteiger partial charge on any atom is -0.481 e. The molecule has 5 atom stereocenters. The Labute approximate surface area is 384 Å². The zero-order valence-corrected chi connectivity index (χ0v) is 36.4. The topological polar surface area (TPSA) is 412 Å². The molecule has 3 amide bonds. The van der Waals surface area contributed by atoms with Crippen molar-refractivity contribution in [1.82, 2.24) is 24.7 Å². The summed E-state index contributed by atoms with van der Waals surface area (Å²) < 4.78 is 6.98. The van der Waals surface area contributed by atoms with Gasteiger partial charge in [0.1, 0.15) is 62.3 Å². The van der Waals surface area contributed by atoms with Gasteiger partial charge in [0, 0.05) is 25.2 Å². The molecule has 0 fully saturated rings. The number of nitrogens with zero attached hydrogens (tertiary/aromatic N) is 6. The summed E-state index contributed by atoms with van der Waals surface area (Å²) in [6, 6.07) is -4.60. The monoisotopic (exact) mass is 965 g/mol. The first-order chi connectivity index (χ1) is 31.9. The highest BCUT2D eigenvalue weighted by Crippen LogP contribution is 2.42. The van der Waals surface area contributed by atoms with Crippen LogP contribution in [0, 0.1) is 11.8 Å². The molecule has 2 aromatic heterocycles. The maximum absolute atomic E-state index is 13.3. The minimum absolute atomic E-state index is 0.0131. The van der Waals surface area contributed by atoms with Crippen LogP contribution in [-0.4, -0.2) is 162 Å². The average molecular weight is 966 g/mol. The van der Waals surface area contributed by atoms with Gasteiger partial charge in [0.15, 0.2) is 25.4 Å². The fourth-order valence-corrected chi connectivity index (χ4v) is 8.49. The molecule has 0 saturated carbocycles. The highest BCUT2D eigenvalue weighted by Gasteiger charge is 2.63. The summed E-state index contributed by atoms with van der Waals surface area (Å²) in [7, 11) is 0. The number of quaternary nitrogens is 1. The molecule has 0 spiro atoms. The molecular weight excluding hydrogens is 912 g/mol. The first-order valence-electron chi connectivity index (χ1n) is 21.1. The lowest BCUT2D eigenvalue weighted by atomic mass is 9.94. The van der Waals surface area contributed by atoms with Crippen molar-refractivity contribution in [1.29, 1.82) is 0 Å². The van der Waals surface area contributed by atoms with Crippen molar-refractivity contribution in [2.24, 2.45) is 11.8 Å². The molecule has 370 valence electrons. The average Bonchev–Trinajstić information content (AvgIpc) is 3.95. The largest absolute Gasteiger partial charge is 0.481 e. The molecule has 2 unspecified atom stereocenters. The van der Waals surface area contributed by atoms with Crippen molar-refractivity contribution >= 4 is 71.3 Å². The van der Waals surface area contributed by atoms with Crippen LogP contribution in [0.1, 0.15) is 82.1 Å². The second-order valence-electron chi connectivity index (χ2n) is 16.6. The van der Waals surface area contributed by atoms with Gasteiger partial charge in [0.25, 0.3) is 5.91 Å². The van der Waals surface area contributed by atoms with Gasteiger partial charge >= 0.3 is 71.7 Å². The number of aromatic nitrogens is 4. The van der Waals surface area contributed by atoms with E-state index in [-0.39, 0.29) is 37.0 Å². The third-order valence-electron chi connectivity index (χ3n) is 11.7. The Morgan fingerprint density at radius 2 is 1.10 bits per heavy atom. The quantitative estimate of drug-likeness (QED) is 0.0213. The SMILES string of the molecule is O=C(O)CC[C@H](NC(=O)N[C@@H](CCC(=O)C[C@@H](CCCC[N+]12Cc3n(cc[n+]3CC(=O)C(CC(=O)O)CC(=O)O)C1n1cc[n+](CC(=O)N(CC(=O)O)CC(=O)O)c1C2)C(=O)O)C(=O)O)C(=O)O. The summed E-state index contributed by atoms with van der Waals surface area (Å²) in [5.41, 5.74) is 0. The van der Waals surface area contributed by atoms with Gasteiger partial charge < -0.3 is 56.4 Å². The van der Waals surface area contributed by atoms with Gasteiger partial charge in [-0.15, -0.1) is 9.13 Å². The van der Waals surface area contributed by atoms with E-state index in [1.165, 1.54) is 0 Å². The van der Waals surface area contributed by atoms with Crippen molar-refractivity contribution in [2.75, 3.05) is 19.6 Å². The van der Waals surface area contributed by atoms with E-state index < -0.39 is 166 Å². The number of unbranched alkanes of at least 4 members (excludes halogenated alkanes) is 1. The third kappa shape index (κ3) is 14.1. The maximum atomic E-state index is 13.3. The van der Waals surface area contributed by atoms with Crippen LogP contribution in [0.15, 0.2) is 24.8 Å². The number of rotatable bonds is 31. The normalized spacial score (nSPS) is 16.9. The van der Waals surface area contributed by atoms with E-state index in [0.717, 1.165) is 0 Å². The first kappa shape index (κ1) is 52.8. The van der Waals surface area contributed by atoms with Crippen molar-refractivity contribution in [2.45, 2.75) is 109 Å². The van der Waals surface area contributed by atoms with Crippen LogP contribution in [0.5, 0.6) is 0 Å². The van der Waals surface area contributed by atoms with Gasteiger partial charge in [-0.05, 0) is 32.1 Å². The highest BCUT2D eigenvalue weighted by atomic mass is 16.4. The number of Topliss-reactive ketones (excluding diaryl/α,β-unsaturated/α-hetero) is 2. The standard InChI is InChI=1S/C40H50N8O20/c49-24(4-5-25(37(64)65)41-39(68)42-26(38(66)67)6-7-31(52)53)13-22(36(62)63)3-1-2-12-48-20-28-43(16-27(50)23(14-32(54)55)15-33(56)57)8-10-46(28)40(48)47-11-9-44(29(47)21-48)17-30(51)45(18-34(58)59)19-35(60)61/h8-11,22-23,25-26,40H,1-7,12-21H2,(H7-3,41,42,52,53,54,55,56,57,58,59,60,61,62,63,64,65,66,67,68)/p+3/t22-,25+,26+,40?,48?/m1/s1.